The Morgan fingerprint density at radius 1 is 0.882 bits per heavy atom. The quantitative estimate of drug-likeness (QED) is 0.644. The Balaban J connectivity index is 1.73. The van der Waals surface area contributed by atoms with Gasteiger partial charge in [0.25, 0.3) is 0 Å². The maximum atomic E-state index is 5.87. The Morgan fingerprint density at radius 2 is 1.59 bits per heavy atom. The summed E-state index contributed by atoms with van der Waals surface area (Å²) in [4.78, 5) is 0. The molecule has 0 amide bonds. The first-order valence-corrected chi connectivity index (χ1v) is 6.13. The van der Waals surface area contributed by atoms with Crippen LogP contribution < -0.4 is 0 Å². The van der Waals surface area contributed by atoms with Crippen LogP contribution in [0.1, 0.15) is 34.1 Å². The maximum absolute atomic E-state index is 5.87. The smallest absolute Gasteiger partial charge is 0.197 e. The summed E-state index contributed by atoms with van der Waals surface area (Å²) in [5, 5.41) is 0. The van der Waals surface area contributed by atoms with Crippen molar-refractivity contribution >= 4 is 0 Å². The summed E-state index contributed by atoms with van der Waals surface area (Å²) < 4.78 is 28.9. The van der Waals surface area contributed by atoms with Gasteiger partial charge in [0.05, 0.1) is 12.7 Å². The molecule has 0 unspecified atom stereocenters. The first-order chi connectivity index (χ1) is 7.79. The predicted molar refractivity (Wildman–Crippen MR) is 58.2 cm³/mol. The highest BCUT2D eigenvalue weighted by atomic mass is 16.8. The van der Waals surface area contributed by atoms with Crippen LogP contribution in [0, 0.1) is 0 Å². The van der Waals surface area contributed by atoms with Crippen LogP contribution in [0.15, 0.2) is 0 Å². The van der Waals surface area contributed by atoms with Crippen LogP contribution in [-0.2, 0) is 23.7 Å². The molecule has 0 aliphatic carbocycles. The van der Waals surface area contributed by atoms with Crippen molar-refractivity contribution < 1.29 is 23.7 Å². The van der Waals surface area contributed by atoms with Crippen LogP contribution in [0.2, 0.25) is 0 Å². The van der Waals surface area contributed by atoms with Gasteiger partial charge in [0.15, 0.2) is 17.4 Å². The SMILES string of the molecule is CC1(C)O[C@H]2C[C@@]3(COC(C)(C)O3)OC[C@H]2O1. The van der Waals surface area contributed by atoms with E-state index in [4.69, 9.17) is 23.7 Å². The van der Waals surface area contributed by atoms with Crippen LogP contribution in [-0.4, -0.2) is 42.8 Å². The molecular formula is C12H20O5. The van der Waals surface area contributed by atoms with E-state index in [0.29, 0.717) is 19.6 Å². The monoisotopic (exact) mass is 244 g/mol. The fourth-order valence-corrected chi connectivity index (χ4v) is 2.78. The zero-order valence-electron chi connectivity index (χ0n) is 10.8. The predicted octanol–water partition coefficient (Wildman–Crippen LogP) is 1.41. The number of hydrogen-bond acceptors (Lipinski definition) is 5. The van der Waals surface area contributed by atoms with E-state index in [-0.39, 0.29) is 12.2 Å². The van der Waals surface area contributed by atoms with Crippen molar-refractivity contribution in [1.29, 1.82) is 0 Å². The van der Waals surface area contributed by atoms with Crippen molar-refractivity contribution in [2.45, 2.75) is 63.7 Å². The molecule has 0 saturated carbocycles. The maximum Gasteiger partial charge on any atom is 0.197 e. The third-order valence-corrected chi connectivity index (χ3v) is 3.38. The second-order valence-electron chi connectivity index (χ2n) is 5.93. The molecule has 3 atom stereocenters. The Labute approximate surface area is 101 Å². The lowest BCUT2D eigenvalue weighted by Crippen LogP contribution is -2.50. The van der Waals surface area contributed by atoms with Gasteiger partial charge in [-0.15, -0.1) is 0 Å². The zero-order valence-corrected chi connectivity index (χ0v) is 10.8. The van der Waals surface area contributed by atoms with E-state index >= 15 is 0 Å². The van der Waals surface area contributed by atoms with Crippen molar-refractivity contribution in [1.82, 2.24) is 0 Å². The average Bonchev–Trinajstić information content (AvgIpc) is 2.62. The number of rotatable bonds is 0. The van der Waals surface area contributed by atoms with Crippen LogP contribution in [0.25, 0.3) is 0 Å². The van der Waals surface area contributed by atoms with Crippen LogP contribution in [0.4, 0.5) is 0 Å². The second kappa shape index (κ2) is 3.42. The molecule has 17 heavy (non-hydrogen) atoms. The van der Waals surface area contributed by atoms with E-state index < -0.39 is 17.4 Å². The van der Waals surface area contributed by atoms with Gasteiger partial charge in [-0.3, -0.25) is 0 Å². The molecule has 0 aromatic heterocycles. The van der Waals surface area contributed by atoms with Gasteiger partial charge in [-0.05, 0) is 27.7 Å². The molecule has 5 heteroatoms. The molecule has 3 rings (SSSR count). The van der Waals surface area contributed by atoms with Crippen molar-refractivity contribution in [2.24, 2.45) is 0 Å². The summed E-state index contributed by atoms with van der Waals surface area (Å²) >= 11 is 0. The summed E-state index contributed by atoms with van der Waals surface area (Å²) in [7, 11) is 0. The minimum atomic E-state index is -0.658. The summed E-state index contributed by atoms with van der Waals surface area (Å²) in [6.07, 6.45) is 0.684. The molecule has 0 N–H and O–H groups in total. The molecule has 3 saturated heterocycles. The Morgan fingerprint density at radius 3 is 2.24 bits per heavy atom. The summed E-state index contributed by atoms with van der Waals surface area (Å²) in [6, 6.07) is 0. The minimum Gasteiger partial charge on any atom is -0.345 e. The minimum absolute atomic E-state index is 0.00272. The summed E-state index contributed by atoms with van der Waals surface area (Å²) in [5.41, 5.74) is 0. The van der Waals surface area contributed by atoms with Crippen LogP contribution in [0.5, 0.6) is 0 Å². The van der Waals surface area contributed by atoms with Gasteiger partial charge in [-0.25, -0.2) is 0 Å². The standard InChI is InChI=1S/C12H20O5/c1-10(2)14-7-12(17-10)5-8-9(6-13-12)16-11(3,4)15-8/h8-9H,5-7H2,1-4H3/t8-,9+,12+/m0/s1. The highest BCUT2D eigenvalue weighted by Crippen LogP contribution is 2.43. The van der Waals surface area contributed by atoms with Gasteiger partial charge in [0.2, 0.25) is 0 Å². The highest BCUT2D eigenvalue weighted by Gasteiger charge is 2.56. The van der Waals surface area contributed by atoms with E-state index in [1.807, 2.05) is 27.7 Å². The zero-order chi connectivity index (χ0) is 12.3. The first-order valence-electron chi connectivity index (χ1n) is 6.13. The fourth-order valence-electron chi connectivity index (χ4n) is 2.78. The fraction of sp³-hybridized carbons (Fsp3) is 1.00. The molecule has 0 aromatic carbocycles. The van der Waals surface area contributed by atoms with E-state index in [9.17, 15) is 0 Å². The molecule has 98 valence electrons. The molecule has 3 heterocycles. The average molecular weight is 244 g/mol. The second-order valence-corrected chi connectivity index (χ2v) is 5.93. The number of hydrogen-bond donors (Lipinski definition) is 0. The Hall–Kier alpha value is -0.200. The van der Waals surface area contributed by atoms with Gasteiger partial charge in [-0.2, -0.15) is 0 Å². The molecule has 5 nitrogen and oxygen atoms in total. The normalized spacial score (nSPS) is 47.3. The molecular weight excluding hydrogens is 224 g/mol. The first kappa shape index (κ1) is 11.9. The third-order valence-electron chi connectivity index (χ3n) is 3.38. The van der Waals surface area contributed by atoms with E-state index in [1.165, 1.54) is 0 Å². The lowest BCUT2D eigenvalue weighted by atomic mass is 10.0. The topological polar surface area (TPSA) is 46.2 Å². The third kappa shape index (κ3) is 2.11. The lowest BCUT2D eigenvalue weighted by Gasteiger charge is -2.37. The molecule has 3 fully saturated rings. The largest absolute Gasteiger partial charge is 0.345 e. The van der Waals surface area contributed by atoms with Crippen molar-refractivity contribution in [3.05, 3.63) is 0 Å². The summed E-state index contributed by atoms with van der Waals surface area (Å²) in [6.45, 7) is 8.59. The van der Waals surface area contributed by atoms with Gasteiger partial charge in [-0.1, -0.05) is 0 Å². The molecule has 0 aromatic rings. The van der Waals surface area contributed by atoms with E-state index in [0.717, 1.165) is 0 Å². The van der Waals surface area contributed by atoms with Gasteiger partial charge in [0, 0.05) is 6.42 Å². The van der Waals surface area contributed by atoms with E-state index in [2.05, 4.69) is 0 Å². The van der Waals surface area contributed by atoms with Gasteiger partial charge in [0.1, 0.15) is 12.7 Å². The number of fused-ring (bicyclic) bond motifs is 1. The molecule has 3 aliphatic heterocycles. The van der Waals surface area contributed by atoms with Crippen LogP contribution in [0.3, 0.4) is 0 Å². The Kier molecular flexibility index (Phi) is 2.39. The van der Waals surface area contributed by atoms with Gasteiger partial charge < -0.3 is 23.7 Å². The molecule has 3 aliphatic rings. The molecule has 0 radical (unpaired) electrons. The molecule has 1 spiro atoms. The number of ether oxygens (including phenoxy) is 5. The highest BCUT2D eigenvalue weighted by molar-refractivity contribution is 4.93. The van der Waals surface area contributed by atoms with Gasteiger partial charge >= 0.3 is 0 Å². The summed E-state index contributed by atoms with van der Waals surface area (Å²) in [5.74, 6) is -1.77. The molecule has 0 bridgehead atoms. The van der Waals surface area contributed by atoms with E-state index in [1.54, 1.807) is 0 Å². The van der Waals surface area contributed by atoms with Crippen molar-refractivity contribution in [3.8, 4) is 0 Å². The van der Waals surface area contributed by atoms with Crippen molar-refractivity contribution in [2.75, 3.05) is 13.2 Å². The van der Waals surface area contributed by atoms with Crippen LogP contribution >= 0.6 is 0 Å². The Bertz CT molecular complexity index is 325. The van der Waals surface area contributed by atoms with Crippen molar-refractivity contribution in [3.63, 3.8) is 0 Å². The lowest BCUT2D eigenvalue weighted by molar-refractivity contribution is -0.284.